The summed E-state index contributed by atoms with van der Waals surface area (Å²) >= 11 is 0. The monoisotopic (exact) mass is 1120 g/mol. The normalized spacial score (nSPS) is 12.9. The van der Waals surface area contributed by atoms with Gasteiger partial charge in [0.15, 0.2) is 0 Å². The largest absolute Gasteiger partial charge is 0.480 e. The molecule has 0 aliphatic carbocycles. The second-order valence-corrected chi connectivity index (χ2v) is 17.7. The van der Waals surface area contributed by atoms with Gasteiger partial charge >= 0.3 is 59.7 Å². The van der Waals surface area contributed by atoms with Crippen molar-refractivity contribution in [1.82, 2.24) is 45.3 Å². The molecule has 0 amide bonds. The first-order valence-corrected chi connectivity index (χ1v) is 24.9. The van der Waals surface area contributed by atoms with E-state index < -0.39 is 130 Å². The van der Waals surface area contributed by atoms with Gasteiger partial charge in [0.25, 0.3) is 0 Å². The van der Waals surface area contributed by atoms with Gasteiger partial charge in [0, 0.05) is 52.4 Å². The molecule has 0 unspecified atom stereocenters. The molecule has 0 aliphatic heterocycles. The summed E-state index contributed by atoms with van der Waals surface area (Å²) in [5, 5.41) is 104. The summed E-state index contributed by atoms with van der Waals surface area (Å²) in [5.41, 5.74) is 0. The Balaban J connectivity index is 5.63. The van der Waals surface area contributed by atoms with Crippen molar-refractivity contribution in [2.75, 3.05) is 151 Å². The molecule has 0 aromatic carbocycles. The van der Waals surface area contributed by atoms with E-state index in [-0.39, 0.29) is 98.6 Å². The third kappa shape index (κ3) is 40.1. The molecule has 0 spiro atoms. The van der Waals surface area contributed by atoms with Crippen LogP contribution >= 0.6 is 0 Å². The van der Waals surface area contributed by atoms with Gasteiger partial charge in [-0.15, -0.1) is 0 Å². The topological polar surface area (TPSA) is 456 Å². The molecule has 0 aromatic heterocycles. The van der Waals surface area contributed by atoms with E-state index in [1.54, 1.807) is 0 Å². The minimum absolute atomic E-state index is 0.0106. The van der Waals surface area contributed by atoms with Gasteiger partial charge < -0.3 is 65.3 Å². The average molecular weight is 1120 g/mol. The van der Waals surface area contributed by atoms with Gasteiger partial charge in [0.2, 0.25) is 0 Å². The fourth-order valence-corrected chi connectivity index (χ4v) is 7.62. The van der Waals surface area contributed by atoms with E-state index in [1.165, 1.54) is 9.80 Å². The van der Waals surface area contributed by atoms with Crippen molar-refractivity contribution >= 4 is 59.7 Å². The van der Waals surface area contributed by atoms with Gasteiger partial charge in [-0.25, -0.2) is 0 Å². The zero-order valence-corrected chi connectivity index (χ0v) is 43.6. The summed E-state index contributed by atoms with van der Waals surface area (Å²) in [6.45, 7) is -3.65. The number of ether oxygens (including phenoxy) is 3. The zero-order valence-electron chi connectivity index (χ0n) is 43.6. The van der Waals surface area contributed by atoms with Gasteiger partial charge in [0.1, 0.15) is 18.3 Å². The maximum atomic E-state index is 12.6. The lowest BCUT2D eigenvalue weighted by atomic mass is 10.1. The third-order valence-corrected chi connectivity index (χ3v) is 11.2. The Morgan fingerprint density at radius 2 is 0.701 bits per heavy atom. The number of carbonyl (C=O) groups is 10. The molecule has 0 aliphatic rings. The van der Waals surface area contributed by atoms with Crippen molar-refractivity contribution in [2.24, 2.45) is 0 Å². The van der Waals surface area contributed by atoms with Crippen LogP contribution in [0.15, 0.2) is 0 Å². The van der Waals surface area contributed by atoms with Crippen LogP contribution in [0, 0.1) is 0 Å². The molecule has 13 N–H and O–H groups in total. The highest BCUT2D eigenvalue weighted by atomic mass is 16.5. The second-order valence-electron chi connectivity index (χ2n) is 17.7. The van der Waals surface area contributed by atoms with Crippen LogP contribution < -0.4 is 16.0 Å². The summed E-state index contributed by atoms with van der Waals surface area (Å²) in [6.07, 6.45) is 3.94. The predicted molar refractivity (Wildman–Crippen MR) is 266 cm³/mol. The van der Waals surface area contributed by atoms with Gasteiger partial charge in [-0.1, -0.05) is 19.8 Å². The predicted octanol–water partition coefficient (Wildman–Crippen LogP) is -3.46. The first-order chi connectivity index (χ1) is 36.4. The van der Waals surface area contributed by atoms with Crippen LogP contribution in [0.5, 0.6) is 0 Å². The molecule has 0 rings (SSSR count). The van der Waals surface area contributed by atoms with Crippen molar-refractivity contribution in [2.45, 2.75) is 76.6 Å². The van der Waals surface area contributed by atoms with Gasteiger partial charge in [-0.05, 0) is 51.6 Å². The number of carboxylic acid groups (broad SMARTS) is 10. The van der Waals surface area contributed by atoms with E-state index in [2.05, 4.69) is 22.9 Å². The number of hydrogen-bond acceptors (Lipinski definition) is 22. The molecule has 32 nitrogen and oxygen atoms in total. The minimum atomic E-state index is -1.32. The highest BCUT2D eigenvalue weighted by Gasteiger charge is 2.30. The quantitative estimate of drug-likeness (QED) is 0.0208. The highest BCUT2D eigenvalue weighted by molar-refractivity contribution is 5.75. The smallest absolute Gasteiger partial charge is 0.321 e. The van der Waals surface area contributed by atoms with E-state index in [0.717, 1.165) is 38.9 Å². The number of nitrogens with one attached hydrogen (secondary N) is 3. The molecule has 0 fully saturated rings. The fraction of sp³-hybridized carbons (Fsp3) is 0.778. The first kappa shape index (κ1) is 71.2. The summed E-state index contributed by atoms with van der Waals surface area (Å²) in [5.74, 6) is -13.2. The molecule has 0 bridgehead atoms. The average Bonchev–Trinajstić information content (AvgIpc) is 3.30. The lowest BCUT2D eigenvalue weighted by Crippen LogP contribution is -2.50. The van der Waals surface area contributed by atoms with Gasteiger partial charge in [0.05, 0.1) is 85.8 Å². The van der Waals surface area contributed by atoms with E-state index in [9.17, 15) is 99.0 Å². The van der Waals surface area contributed by atoms with Crippen molar-refractivity contribution in [3.63, 3.8) is 0 Å². The highest BCUT2D eigenvalue weighted by Crippen LogP contribution is 2.11. The minimum Gasteiger partial charge on any atom is -0.480 e. The number of nitrogens with zero attached hydrogens (tertiary/aromatic N) is 6. The van der Waals surface area contributed by atoms with E-state index in [4.69, 9.17) is 14.2 Å². The maximum Gasteiger partial charge on any atom is 0.321 e. The molecule has 0 radical (unpaired) electrons. The van der Waals surface area contributed by atoms with Crippen LogP contribution in [-0.4, -0.2) is 310 Å². The Kier molecular flexibility index (Phi) is 40.0. The van der Waals surface area contributed by atoms with Crippen LogP contribution in [0.2, 0.25) is 0 Å². The van der Waals surface area contributed by atoms with Crippen molar-refractivity contribution in [3.05, 3.63) is 0 Å². The van der Waals surface area contributed by atoms with Crippen LogP contribution in [0.4, 0.5) is 0 Å². The summed E-state index contributed by atoms with van der Waals surface area (Å²) < 4.78 is 17.4. The molecule has 0 heterocycles. The molecule has 3 atom stereocenters. The molecular formula is C45H81N9O23. The molecule has 77 heavy (non-hydrogen) atoms. The van der Waals surface area contributed by atoms with Crippen LogP contribution in [0.3, 0.4) is 0 Å². The number of carboxylic acids is 10. The zero-order chi connectivity index (χ0) is 58.1. The Bertz CT molecular complexity index is 1640. The fourth-order valence-electron chi connectivity index (χ4n) is 7.62. The van der Waals surface area contributed by atoms with Crippen LogP contribution in [-0.2, 0) is 62.2 Å². The van der Waals surface area contributed by atoms with Crippen molar-refractivity contribution in [1.29, 1.82) is 0 Å². The molecule has 444 valence electrons. The number of aliphatic carboxylic acids is 10. The molecule has 0 saturated heterocycles. The van der Waals surface area contributed by atoms with E-state index in [1.807, 2.05) is 0 Å². The van der Waals surface area contributed by atoms with Crippen molar-refractivity contribution in [3.8, 4) is 0 Å². The second kappa shape index (κ2) is 43.2. The Morgan fingerprint density at radius 3 is 1.01 bits per heavy atom. The SMILES string of the molecule is CCCCCNCO[C@H](CCCCNCOCC[C@@H](C(=O)O)N(CCN(CC(=O)O)CC(=O)O)CCN(CC(=O)O)CC(=O)O)NCOCC[C@@H](C(=O)O)N(CCN(CC(=O)O)CC(=O)O)CCN(CC(=O)O)CC(=O)O. The number of hydrogen-bond donors (Lipinski definition) is 13. The number of unbranched alkanes of at least 4 members (excludes halogenated alkanes) is 3. The molecule has 0 saturated carbocycles. The Labute approximate surface area is 445 Å². The van der Waals surface area contributed by atoms with Crippen LogP contribution in [0.1, 0.15) is 58.3 Å². The summed E-state index contributed by atoms with van der Waals surface area (Å²) in [7, 11) is 0. The Hall–Kier alpha value is -5.78. The van der Waals surface area contributed by atoms with Gasteiger partial charge in [-0.2, -0.15) is 0 Å². The lowest BCUT2D eigenvalue weighted by molar-refractivity contribution is -0.146. The van der Waals surface area contributed by atoms with Crippen LogP contribution in [0.25, 0.3) is 0 Å². The van der Waals surface area contributed by atoms with Gasteiger partial charge in [-0.3, -0.25) is 93.3 Å². The number of rotatable bonds is 55. The molecule has 32 heteroatoms. The maximum absolute atomic E-state index is 12.6. The first-order valence-electron chi connectivity index (χ1n) is 24.9. The Morgan fingerprint density at radius 1 is 0.390 bits per heavy atom. The van der Waals surface area contributed by atoms with E-state index in [0.29, 0.717) is 32.4 Å². The summed E-state index contributed by atoms with van der Waals surface area (Å²) in [4.78, 5) is 123. The summed E-state index contributed by atoms with van der Waals surface area (Å²) in [6, 6.07) is -2.57. The molecular weight excluding hydrogens is 1030 g/mol. The standard InChI is InChI=1S/C45H81N9O23/c1-2-3-5-10-47-31-77-35(48-32-76-21-9-34(45(73)74)54(18-14-51(26-40(63)64)27-41(65)66)19-15-52(28-42(67)68)29-43(69)70)7-4-6-11-46-30-75-20-8-33(44(71)72)53(16-12-49(22-36(55)56)23-37(57)58)17-13-50(24-38(59)60)25-39(61)62/h33-35,46-48H,2-32H2,1H3,(H,55,56)(H,57,58)(H,59,60)(H,61,62)(H,63,64)(H,65,66)(H,67,68)(H,69,70)(H,71,72)(H,73,74)/t33-,34-,35+/m0/s1. The molecule has 0 aromatic rings. The van der Waals surface area contributed by atoms with Crippen molar-refractivity contribution < 1.29 is 113 Å². The lowest BCUT2D eigenvalue weighted by Gasteiger charge is -2.32. The van der Waals surface area contributed by atoms with E-state index >= 15 is 0 Å². The third-order valence-electron chi connectivity index (χ3n) is 11.2.